The van der Waals surface area contributed by atoms with Gasteiger partial charge in [-0.15, -0.1) is 0 Å². The number of likely N-dealkylation sites (N-methyl/N-ethyl adjacent to an activating group) is 1. The van der Waals surface area contributed by atoms with Gasteiger partial charge >= 0.3 is 0 Å². The fraction of sp³-hybridized carbons (Fsp3) is 0.500. The molecule has 20 heavy (non-hydrogen) atoms. The van der Waals surface area contributed by atoms with Gasteiger partial charge in [-0.2, -0.15) is 20.1 Å². The Kier molecular flexibility index (Phi) is 4.46. The lowest BCUT2D eigenvalue weighted by atomic mass is 10.3. The Morgan fingerprint density at radius 2 is 2.20 bits per heavy atom. The number of hydrogen-bond donors (Lipinski definition) is 2. The Labute approximate surface area is 117 Å². The monoisotopic (exact) mass is 277 g/mol. The molecule has 8 nitrogen and oxygen atoms in total. The lowest BCUT2D eigenvalue weighted by molar-refractivity contribution is 0.269. The summed E-state index contributed by atoms with van der Waals surface area (Å²) in [6, 6.07) is 1.72. The summed E-state index contributed by atoms with van der Waals surface area (Å²) in [7, 11) is 1.83. The van der Waals surface area contributed by atoms with Gasteiger partial charge in [0.05, 0.1) is 12.6 Å². The predicted molar refractivity (Wildman–Crippen MR) is 76.1 cm³/mol. The van der Waals surface area contributed by atoms with Crippen molar-refractivity contribution in [2.75, 3.05) is 30.4 Å². The van der Waals surface area contributed by atoms with Gasteiger partial charge in [-0.05, 0) is 19.9 Å². The van der Waals surface area contributed by atoms with Crippen LogP contribution < -0.4 is 10.2 Å². The first kappa shape index (κ1) is 14.2. The van der Waals surface area contributed by atoms with Crippen molar-refractivity contribution in [1.29, 1.82) is 0 Å². The lowest BCUT2D eigenvalue weighted by Gasteiger charge is -2.23. The zero-order valence-corrected chi connectivity index (χ0v) is 11.9. The minimum Gasteiger partial charge on any atom is -0.394 e. The van der Waals surface area contributed by atoms with Crippen molar-refractivity contribution in [2.24, 2.45) is 0 Å². The van der Waals surface area contributed by atoms with E-state index in [1.54, 1.807) is 28.0 Å². The fourth-order valence-corrected chi connectivity index (χ4v) is 1.56. The summed E-state index contributed by atoms with van der Waals surface area (Å²) in [5.74, 6) is 1.41. The molecule has 8 heteroatoms. The molecule has 0 aliphatic heterocycles. The number of hydrogen-bond acceptors (Lipinski definition) is 7. The van der Waals surface area contributed by atoms with E-state index in [-0.39, 0.29) is 12.6 Å². The van der Waals surface area contributed by atoms with Crippen LogP contribution in [0.15, 0.2) is 18.5 Å². The fourth-order valence-electron chi connectivity index (χ4n) is 1.56. The zero-order valence-electron chi connectivity index (χ0n) is 11.9. The van der Waals surface area contributed by atoms with Crippen molar-refractivity contribution in [2.45, 2.75) is 19.9 Å². The van der Waals surface area contributed by atoms with Crippen molar-refractivity contribution >= 4 is 11.9 Å². The molecule has 0 amide bonds. The summed E-state index contributed by atoms with van der Waals surface area (Å²) >= 11 is 0. The van der Waals surface area contributed by atoms with E-state index in [2.05, 4.69) is 25.4 Å². The van der Waals surface area contributed by atoms with Gasteiger partial charge in [-0.3, -0.25) is 0 Å². The van der Waals surface area contributed by atoms with Crippen LogP contribution >= 0.6 is 0 Å². The van der Waals surface area contributed by atoms with Gasteiger partial charge in [0, 0.05) is 26.0 Å². The highest BCUT2D eigenvalue weighted by Gasteiger charge is 2.15. The maximum Gasteiger partial charge on any atom is 0.257 e. The van der Waals surface area contributed by atoms with E-state index in [1.165, 1.54) is 0 Å². The highest BCUT2D eigenvalue weighted by molar-refractivity contribution is 5.40. The second-order valence-corrected chi connectivity index (χ2v) is 4.38. The molecular formula is C12H19N7O. The summed E-state index contributed by atoms with van der Waals surface area (Å²) in [6.07, 6.45) is 3.43. The van der Waals surface area contributed by atoms with Crippen molar-refractivity contribution in [3.05, 3.63) is 18.5 Å². The third kappa shape index (κ3) is 3.02. The molecule has 0 spiro atoms. The van der Waals surface area contributed by atoms with E-state index >= 15 is 0 Å². The summed E-state index contributed by atoms with van der Waals surface area (Å²) in [6.45, 7) is 4.60. The smallest absolute Gasteiger partial charge is 0.257 e. The van der Waals surface area contributed by atoms with Gasteiger partial charge in [-0.1, -0.05) is 0 Å². The molecule has 1 unspecified atom stereocenters. The van der Waals surface area contributed by atoms with Crippen LogP contribution in [0.4, 0.5) is 11.9 Å². The normalized spacial score (nSPS) is 12.2. The maximum absolute atomic E-state index is 9.25. The average Bonchev–Trinajstić information content (AvgIpc) is 3.00. The van der Waals surface area contributed by atoms with Crippen molar-refractivity contribution in [3.8, 4) is 5.95 Å². The average molecular weight is 277 g/mol. The number of anilines is 2. The molecule has 0 bridgehead atoms. The molecule has 0 aromatic carbocycles. The Bertz CT molecular complexity index is 543. The third-order valence-electron chi connectivity index (χ3n) is 2.90. The van der Waals surface area contributed by atoms with E-state index in [1.807, 2.05) is 20.9 Å². The van der Waals surface area contributed by atoms with Crippen molar-refractivity contribution in [3.63, 3.8) is 0 Å². The van der Waals surface area contributed by atoms with Crippen LogP contribution in [0.5, 0.6) is 0 Å². The largest absolute Gasteiger partial charge is 0.394 e. The molecule has 0 aliphatic rings. The topological polar surface area (TPSA) is 92.0 Å². The van der Waals surface area contributed by atoms with Gasteiger partial charge < -0.3 is 15.3 Å². The van der Waals surface area contributed by atoms with Crippen molar-refractivity contribution in [1.82, 2.24) is 24.7 Å². The Morgan fingerprint density at radius 1 is 1.40 bits per heavy atom. The molecule has 1 atom stereocenters. The second-order valence-electron chi connectivity index (χ2n) is 4.38. The van der Waals surface area contributed by atoms with E-state index in [9.17, 15) is 5.11 Å². The number of nitrogens with one attached hydrogen (secondary N) is 1. The number of aromatic nitrogens is 5. The summed E-state index contributed by atoms with van der Waals surface area (Å²) in [4.78, 5) is 14.8. The first-order valence-corrected chi connectivity index (χ1v) is 6.49. The highest BCUT2D eigenvalue weighted by Crippen LogP contribution is 2.13. The Morgan fingerprint density at radius 3 is 2.80 bits per heavy atom. The molecule has 2 aromatic rings. The third-order valence-corrected chi connectivity index (χ3v) is 2.90. The maximum atomic E-state index is 9.25. The standard InChI is InChI=1S/C12H19N7O/c1-4-13-10-15-11(18(3)9(2)8-20)17-12(16-10)19-7-5-6-14-19/h5-7,9,20H,4,8H2,1-3H3,(H,13,15,16,17). The predicted octanol–water partition coefficient (Wildman–Crippen LogP) is 0.306. The lowest BCUT2D eigenvalue weighted by Crippen LogP contribution is -2.33. The minimum atomic E-state index is -0.0858. The van der Waals surface area contributed by atoms with Crippen LogP contribution in [0, 0.1) is 0 Å². The van der Waals surface area contributed by atoms with E-state index < -0.39 is 0 Å². The molecule has 2 aromatic heterocycles. The molecule has 0 saturated heterocycles. The first-order valence-electron chi connectivity index (χ1n) is 6.49. The van der Waals surface area contributed by atoms with Crippen LogP contribution in [-0.4, -0.2) is 56.1 Å². The molecule has 2 N–H and O–H groups in total. The Balaban J connectivity index is 2.41. The molecule has 2 heterocycles. The number of aliphatic hydroxyl groups is 1. The number of aliphatic hydroxyl groups excluding tert-OH is 1. The summed E-state index contributed by atoms with van der Waals surface area (Å²) < 4.78 is 1.57. The van der Waals surface area contributed by atoms with Gasteiger partial charge in [0.2, 0.25) is 11.9 Å². The van der Waals surface area contributed by atoms with E-state index in [4.69, 9.17) is 0 Å². The Hall–Kier alpha value is -2.22. The van der Waals surface area contributed by atoms with Crippen LogP contribution in [0.25, 0.3) is 5.95 Å². The van der Waals surface area contributed by atoms with Gasteiger partial charge in [-0.25, -0.2) is 4.68 Å². The first-order chi connectivity index (χ1) is 9.65. The second kappa shape index (κ2) is 6.29. The molecule has 0 radical (unpaired) electrons. The molecule has 0 fully saturated rings. The molecule has 2 rings (SSSR count). The minimum absolute atomic E-state index is 0.0236. The summed E-state index contributed by atoms with van der Waals surface area (Å²) in [5.41, 5.74) is 0. The molecule has 108 valence electrons. The van der Waals surface area contributed by atoms with Crippen LogP contribution in [-0.2, 0) is 0 Å². The molecular weight excluding hydrogens is 258 g/mol. The SMILES string of the molecule is CCNc1nc(N(C)C(C)CO)nc(-n2cccn2)n1. The van der Waals surface area contributed by atoms with Gasteiger partial charge in [0.15, 0.2) is 0 Å². The van der Waals surface area contributed by atoms with Crippen molar-refractivity contribution < 1.29 is 5.11 Å². The van der Waals surface area contributed by atoms with Crippen LogP contribution in [0.3, 0.4) is 0 Å². The van der Waals surface area contributed by atoms with Gasteiger partial charge in [0.25, 0.3) is 5.95 Å². The zero-order chi connectivity index (χ0) is 14.5. The van der Waals surface area contributed by atoms with Crippen LogP contribution in [0.1, 0.15) is 13.8 Å². The molecule has 0 saturated carbocycles. The van der Waals surface area contributed by atoms with Gasteiger partial charge in [0.1, 0.15) is 0 Å². The summed E-state index contributed by atoms with van der Waals surface area (Å²) in [5, 5.41) is 16.4. The van der Waals surface area contributed by atoms with Crippen LogP contribution in [0.2, 0.25) is 0 Å². The molecule has 0 aliphatic carbocycles. The number of nitrogens with zero attached hydrogens (tertiary/aromatic N) is 6. The quantitative estimate of drug-likeness (QED) is 0.784. The van der Waals surface area contributed by atoms with E-state index in [0.717, 1.165) is 0 Å². The number of rotatable bonds is 6. The van der Waals surface area contributed by atoms with E-state index in [0.29, 0.717) is 24.4 Å². The highest BCUT2D eigenvalue weighted by atomic mass is 16.3.